The molecule has 2 aromatic carbocycles. The van der Waals surface area contributed by atoms with Crippen LogP contribution in [0.1, 0.15) is 42.4 Å². The highest BCUT2D eigenvalue weighted by atomic mass is 16.6. The number of methoxy groups -OCH3 is 1. The van der Waals surface area contributed by atoms with E-state index in [2.05, 4.69) is 11.1 Å². The molecule has 1 aromatic heterocycles. The molecule has 9 heteroatoms. The van der Waals surface area contributed by atoms with Crippen LogP contribution in [-0.2, 0) is 20.9 Å². The molecule has 36 heavy (non-hydrogen) atoms. The Kier molecular flexibility index (Phi) is 6.53. The molecule has 0 aliphatic carbocycles. The van der Waals surface area contributed by atoms with Gasteiger partial charge in [0.25, 0.3) is 0 Å². The summed E-state index contributed by atoms with van der Waals surface area (Å²) in [6, 6.07) is 13.3. The van der Waals surface area contributed by atoms with E-state index >= 15 is 0 Å². The molecular weight excluding hydrogens is 462 g/mol. The Hall–Kier alpha value is -4.58. The second-order valence-electron chi connectivity index (χ2n) is 9.25. The van der Waals surface area contributed by atoms with Gasteiger partial charge in [-0.05, 0) is 38.5 Å². The summed E-state index contributed by atoms with van der Waals surface area (Å²) in [5.41, 5.74) is 1.35. The standard InChI is InChI=1S/C27H25N3O6/c1-27(2,3)25(32)36-22-13-21-18(19-12-20(24(31)34-4)29-23(19)22)11-10-17(14-28)30(21)26(33)35-15-16-8-6-5-7-9-16/h5-13,17,29H,15H2,1-4H3. The van der Waals surface area contributed by atoms with Crippen LogP contribution in [-0.4, -0.2) is 36.2 Å². The molecule has 1 atom stereocenters. The molecule has 1 aliphatic heterocycles. The van der Waals surface area contributed by atoms with E-state index < -0.39 is 29.5 Å². The van der Waals surface area contributed by atoms with Gasteiger partial charge in [0.2, 0.25) is 0 Å². The van der Waals surface area contributed by atoms with Crippen molar-refractivity contribution in [1.82, 2.24) is 4.98 Å². The quantitative estimate of drug-likeness (QED) is 0.407. The third kappa shape index (κ3) is 4.66. The number of rotatable bonds is 4. The zero-order valence-corrected chi connectivity index (χ0v) is 20.3. The zero-order chi connectivity index (χ0) is 26.0. The Morgan fingerprint density at radius 2 is 1.86 bits per heavy atom. The van der Waals surface area contributed by atoms with Gasteiger partial charge in [-0.2, -0.15) is 5.26 Å². The van der Waals surface area contributed by atoms with Gasteiger partial charge in [-0.3, -0.25) is 9.69 Å². The Morgan fingerprint density at radius 1 is 1.14 bits per heavy atom. The van der Waals surface area contributed by atoms with E-state index in [-0.39, 0.29) is 18.1 Å². The van der Waals surface area contributed by atoms with E-state index in [4.69, 9.17) is 14.2 Å². The third-order valence-corrected chi connectivity index (χ3v) is 5.64. The van der Waals surface area contributed by atoms with Crippen molar-refractivity contribution in [2.45, 2.75) is 33.4 Å². The van der Waals surface area contributed by atoms with Gasteiger partial charge >= 0.3 is 18.0 Å². The van der Waals surface area contributed by atoms with Crippen molar-refractivity contribution in [1.29, 1.82) is 5.26 Å². The van der Waals surface area contributed by atoms with E-state index in [0.29, 0.717) is 22.2 Å². The molecular formula is C27H25N3O6. The predicted octanol–water partition coefficient (Wildman–Crippen LogP) is 4.97. The summed E-state index contributed by atoms with van der Waals surface area (Å²) in [5, 5.41) is 10.3. The molecule has 0 bridgehead atoms. The highest BCUT2D eigenvalue weighted by Gasteiger charge is 2.33. The summed E-state index contributed by atoms with van der Waals surface area (Å²) in [4.78, 5) is 42.3. The summed E-state index contributed by atoms with van der Waals surface area (Å²) in [5.74, 6) is -1.02. The maximum atomic E-state index is 13.2. The van der Waals surface area contributed by atoms with Gasteiger partial charge < -0.3 is 19.2 Å². The molecule has 1 aliphatic rings. The van der Waals surface area contributed by atoms with Gasteiger partial charge in [-0.15, -0.1) is 0 Å². The minimum absolute atomic E-state index is 0.0120. The molecule has 1 unspecified atom stereocenters. The van der Waals surface area contributed by atoms with E-state index in [9.17, 15) is 19.6 Å². The number of fused-ring (bicyclic) bond motifs is 3. The van der Waals surface area contributed by atoms with Crippen molar-refractivity contribution in [3.63, 3.8) is 0 Å². The van der Waals surface area contributed by atoms with Crippen LogP contribution in [0.3, 0.4) is 0 Å². The van der Waals surface area contributed by atoms with Crippen LogP contribution in [0.5, 0.6) is 5.75 Å². The average molecular weight is 488 g/mol. The number of ether oxygens (including phenoxy) is 3. The highest BCUT2D eigenvalue weighted by Crippen LogP contribution is 2.41. The Morgan fingerprint density at radius 3 is 2.50 bits per heavy atom. The average Bonchev–Trinajstić information content (AvgIpc) is 3.32. The Balaban J connectivity index is 1.83. The lowest BCUT2D eigenvalue weighted by Crippen LogP contribution is -2.41. The highest BCUT2D eigenvalue weighted by molar-refractivity contribution is 6.07. The van der Waals surface area contributed by atoms with E-state index in [1.165, 1.54) is 18.1 Å². The second-order valence-corrected chi connectivity index (χ2v) is 9.25. The summed E-state index contributed by atoms with van der Waals surface area (Å²) >= 11 is 0. The van der Waals surface area contributed by atoms with Crippen molar-refractivity contribution in [2.75, 3.05) is 12.0 Å². The lowest BCUT2D eigenvalue weighted by atomic mass is 9.97. The van der Waals surface area contributed by atoms with Crippen LogP contribution in [0.15, 0.2) is 48.5 Å². The van der Waals surface area contributed by atoms with Crippen molar-refractivity contribution in [2.24, 2.45) is 5.41 Å². The minimum Gasteiger partial charge on any atom is -0.464 e. The number of carbonyl (C=O) groups excluding carboxylic acids is 3. The lowest BCUT2D eigenvalue weighted by Gasteiger charge is -2.30. The number of carbonyl (C=O) groups is 3. The van der Waals surface area contributed by atoms with E-state index in [1.54, 1.807) is 39.0 Å². The molecule has 1 amide bonds. The van der Waals surface area contributed by atoms with Crippen LogP contribution in [0.25, 0.3) is 17.0 Å². The maximum absolute atomic E-state index is 13.2. The summed E-state index contributed by atoms with van der Waals surface area (Å²) < 4.78 is 16.0. The van der Waals surface area contributed by atoms with Crippen LogP contribution in [0.4, 0.5) is 10.5 Å². The van der Waals surface area contributed by atoms with Gasteiger partial charge in [0.15, 0.2) is 5.75 Å². The number of nitriles is 1. The molecule has 4 rings (SSSR count). The fraction of sp³-hybridized carbons (Fsp3) is 0.259. The van der Waals surface area contributed by atoms with Crippen LogP contribution in [0.2, 0.25) is 0 Å². The summed E-state index contributed by atoms with van der Waals surface area (Å²) in [7, 11) is 1.26. The first-order chi connectivity index (χ1) is 17.1. The Bertz CT molecular complexity index is 1410. The van der Waals surface area contributed by atoms with Crippen molar-refractivity contribution < 1.29 is 28.6 Å². The SMILES string of the molecule is COC(=O)c1cc2c3c(cc(OC(=O)C(C)(C)C)c2[nH]1)N(C(=O)OCc1ccccc1)C(C#N)C=C3. The molecule has 184 valence electrons. The molecule has 0 spiro atoms. The molecule has 0 saturated carbocycles. The first-order valence-electron chi connectivity index (χ1n) is 11.2. The smallest absolute Gasteiger partial charge is 0.416 e. The van der Waals surface area contributed by atoms with Crippen molar-refractivity contribution >= 4 is 40.7 Å². The monoisotopic (exact) mass is 487 g/mol. The van der Waals surface area contributed by atoms with Crippen LogP contribution < -0.4 is 9.64 Å². The summed E-state index contributed by atoms with van der Waals surface area (Å²) in [6.07, 6.45) is 2.51. The number of aromatic nitrogens is 1. The first-order valence-corrected chi connectivity index (χ1v) is 11.2. The number of amides is 1. The van der Waals surface area contributed by atoms with E-state index in [1.807, 2.05) is 30.3 Å². The van der Waals surface area contributed by atoms with Crippen LogP contribution >= 0.6 is 0 Å². The van der Waals surface area contributed by atoms with Crippen molar-refractivity contribution in [3.8, 4) is 11.8 Å². The van der Waals surface area contributed by atoms with Gasteiger partial charge in [0.05, 0.1) is 29.8 Å². The number of benzene rings is 2. The number of esters is 2. The number of H-pyrrole nitrogens is 1. The van der Waals surface area contributed by atoms with Crippen molar-refractivity contribution in [3.05, 3.63) is 65.4 Å². The fourth-order valence-electron chi connectivity index (χ4n) is 3.73. The molecule has 1 N–H and O–H groups in total. The number of nitrogens with one attached hydrogen (secondary N) is 1. The molecule has 0 fully saturated rings. The molecule has 9 nitrogen and oxygen atoms in total. The number of anilines is 1. The van der Waals surface area contributed by atoms with Gasteiger partial charge in [-0.25, -0.2) is 9.59 Å². The molecule has 0 radical (unpaired) electrons. The molecule has 3 aromatic rings. The van der Waals surface area contributed by atoms with Gasteiger partial charge in [-0.1, -0.05) is 36.4 Å². The zero-order valence-electron chi connectivity index (χ0n) is 20.3. The normalized spacial score (nSPS) is 14.6. The molecule has 0 saturated heterocycles. The second kappa shape index (κ2) is 9.58. The lowest BCUT2D eigenvalue weighted by molar-refractivity contribution is -0.142. The molecule has 2 heterocycles. The van der Waals surface area contributed by atoms with E-state index in [0.717, 1.165) is 5.56 Å². The number of aromatic amines is 1. The third-order valence-electron chi connectivity index (χ3n) is 5.64. The topological polar surface area (TPSA) is 122 Å². The van der Waals surface area contributed by atoms with Gasteiger partial charge in [0, 0.05) is 17.0 Å². The Labute approximate surface area is 207 Å². The largest absolute Gasteiger partial charge is 0.464 e. The predicted molar refractivity (Wildman–Crippen MR) is 132 cm³/mol. The fourth-order valence-corrected chi connectivity index (χ4v) is 3.73. The summed E-state index contributed by atoms with van der Waals surface area (Å²) in [6.45, 7) is 5.14. The number of hydrogen-bond donors (Lipinski definition) is 1. The van der Waals surface area contributed by atoms with Gasteiger partial charge in [0.1, 0.15) is 18.3 Å². The minimum atomic E-state index is -0.955. The first kappa shape index (κ1) is 24.5. The van der Waals surface area contributed by atoms with Crippen LogP contribution in [0, 0.1) is 16.7 Å². The number of hydrogen-bond acceptors (Lipinski definition) is 7. The number of nitrogens with zero attached hydrogens (tertiary/aromatic N) is 2. The maximum Gasteiger partial charge on any atom is 0.416 e.